The summed E-state index contributed by atoms with van der Waals surface area (Å²) in [6.45, 7) is 0. The molecule has 4 aromatic rings. The Bertz CT molecular complexity index is 1250. The molecule has 0 saturated heterocycles. The lowest BCUT2D eigenvalue weighted by molar-refractivity contribution is 0.102. The van der Waals surface area contributed by atoms with Gasteiger partial charge in [0.1, 0.15) is 0 Å². The summed E-state index contributed by atoms with van der Waals surface area (Å²) in [5, 5.41) is 7.73. The number of rotatable bonds is 5. The number of pyridine rings is 1. The Labute approximate surface area is 173 Å². The molecule has 1 amide bonds. The molecule has 7 nitrogen and oxygen atoms in total. The van der Waals surface area contributed by atoms with Crippen LogP contribution < -0.4 is 5.32 Å². The number of nitrogens with zero attached hydrogens (tertiary/aromatic N) is 5. The smallest absolute Gasteiger partial charge is 0.255 e. The molecule has 7 heteroatoms. The van der Waals surface area contributed by atoms with Gasteiger partial charge in [0.05, 0.1) is 28.6 Å². The molecule has 0 unspecified atom stereocenters. The first-order valence-corrected chi connectivity index (χ1v) is 10.3. The summed E-state index contributed by atoms with van der Waals surface area (Å²) >= 11 is 0. The molecule has 0 aliphatic heterocycles. The number of benzene rings is 1. The van der Waals surface area contributed by atoms with Gasteiger partial charge in [-0.05, 0) is 62.1 Å². The summed E-state index contributed by atoms with van der Waals surface area (Å²) in [4.78, 5) is 25.7. The van der Waals surface area contributed by atoms with Gasteiger partial charge in [-0.2, -0.15) is 5.10 Å². The van der Waals surface area contributed by atoms with Crippen molar-refractivity contribution in [1.82, 2.24) is 24.7 Å². The summed E-state index contributed by atoms with van der Waals surface area (Å²) in [6, 6.07) is 11.3. The molecule has 1 aromatic carbocycles. The van der Waals surface area contributed by atoms with Crippen molar-refractivity contribution >= 4 is 22.6 Å². The van der Waals surface area contributed by atoms with Gasteiger partial charge in [-0.3, -0.25) is 14.8 Å². The number of carbonyl (C=O) groups excluding carboxylic acids is 1. The fourth-order valence-electron chi connectivity index (χ4n) is 3.74. The van der Waals surface area contributed by atoms with Gasteiger partial charge >= 0.3 is 0 Å². The maximum atomic E-state index is 12.6. The summed E-state index contributed by atoms with van der Waals surface area (Å²) in [5.41, 5.74) is 5.08. The average Bonchev–Trinajstić information content (AvgIpc) is 3.72. The van der Waals surface area contributed by atoms with E-state index in [0.29, 0.717) is 28.6 Å². The van der Waals surface area contributed by atoms with Crippen LogP contribution in [0.2, 0.25) is 0 Å². The van der Waals surface area contributed by atoms with Crippen molar-refractivity contribution in [1.29, 1.82) is 0 Å². The molecule has 3 aromatic heterocycles. The molecule has 1 N–H and O–H groups in total. The predicted molar refractivity (Wildman–Crippen MR) is 113 cm³/mol. The van der Waals surface area contributed by atoms with E-state index in [4.69, 9.17) is 5.10 Å². The van der Waals surface area contributed by atoms with Crippen LogP contribution in [0.25, 0.3) is 16.9 Å². The Balaban J connectivity index is 1.23. The summed E-state index contributed by atoms with van der Waals surface area (Å²) in [5.74, 6) is 1.81. The number of nitrogens with one attached hydrogen (secondary N) is 1. The van der Waals surface area contributed by atoms with Crippen LogP contribution in [0.3, 0.4) is 0 Å². The molecule has 2 fully saturated rings. The number of anilines is 1. The van der Waals surface area contributed by atoms with E-state index in [-0.39, 0.29) is 5.91 Å². The van der Waals surface area contributed by atoms with E-state index < -0.39 is 0 Å². The van der Waals surface area contributed by atoms with Crippen molar-refractivity contribution < 1.29 is 4.79 Å². The molecular formula is C23H20N6O. The third kappa shape index (κ3) is 3.22. The molecule has 148 valence electrons. The summed E-state index contributed by atoms with van der Waals surface area (Å²) < 4.78 is 1.99. The lowest BCUT2D eigenvalue weighted by Gasteiger charge is -2.08. The maximum absolute atomic E-state index is 12.6. The molecule has 0 bridgehead atoms. The third-order valence-electron chi connectivity index (χ3n) is 5.70. The average molecular weight is 396 g/mol. The second kappa shape index (κ2) is 6.73. The quantitative estimate of drug-likeness (QED) is 0.546. The molecule has 30 heavy (non-hydrogen) atoms. The van der Waals surface area contributed by atoms with Crippen LogP contribution in [0, 0.1) is 0 Å². The zero-order chi connectivity index (χ0) is 20.1. The number of fused-ring (bicyclic) bond motifs is 1. The van der Waals surface area contributed by atoms with Crippen molar-refractivity contribution in [3.05, 3.63) is 71.9 Å². The molecular weight excluding hydrogens is 376 g/mol. The SMILES string of the molecule is O=C(Nc1ccc(-n2nc(C3CC3)cc2C2CC2)nc1)c1ccc2nccnc2c1. The fraction of sp³-hybridized carbons (Fsp3) is 0.261. The van der Waals surface area contributed by atoms with Gasteiger partial charge in [0.25, 0.3) is 5.91 Å². The minimum Gasteiger partial charge on any atom is -0.321 e. The summed E-state index contributed by atoms with van der Waals surface area (Å²) in [6.07, 6.45) is 9.85. The topological polar surface area (TPSA) is 85.6 Å². The van der Waals surface area contributed by atoms with Gasteiger partial charge in [-0.15, -0.1) is 0 Å². The molecule has 2 aliphatic rings. The van der Waals surface area contributed by atoms with Crippen LogP contribution in [0.1, 0.15) is 59.3 Å². The lowest BCUT2D eigenvalue weighted by atomic mass is 10.2. The first-order valence-electron chi connectivity index (χ1n) is 10.3. The van der Waals surface area contributed by atoms with E-state index in [1.807, 2.05) is 16.8 Å². The van der Waals surface area contributed by atoms with Gasteiger partial charge < -0.3 is 5.32 Å². The van der Waals surface area contributed by atoms with Gasteiger partial charge in [-0.25, -0.2) is 9.67 Å². The van der Waals surface area contributed by atoms with Crippen molar-refractivity contribution in [3.8, 4) is 5.82 Å². The van der Waals surface area contributed by atoms with Crippen LogP contribution in [0.4, 0.5) is 5.69 Å². The van der Waals surface area contributed by atoms with E-state index in [0.717, 1.165) is 11.3 Å². The number of hydrogen-bond donors (Lipinski definition) is 1. The predicted octanol–water partition coefficient (Wildman–Crippen LogP) is 4.22. The number of hydrogen-bond acceptors (Lipinski definition) is 5. The minimum absolute atomic E-state index is 0.203. The molecule has 0 spiro atoms. The Hall–Kier alpha value is -3.61. The van der Waals surface area contributed by atoms with Gasteiger partial charge in [0.15, 0.2) is 5.82 Å². The Morgan fingerprint density at radius 1 is 0.900 bits per heavy atom. The van der Waals surface area contributed by atoms with Crippen molar-refractivity contribution in [2.45, 2.75) is 37.5 Å². The molecule has 0 radical (unpaired) electrons. The lowest BCUT2D eigenvalue weighted by Crippen LogP contribution is -2.12. The second-order valence-electron chi connectivity index (χ2n) is 8.07. The zero-order valence-electron chi connectivity index (χ0n) is 16.3. The molecule has 6 rings (SSSR count). The minimum atomic E-state index is -0.203. The number of aromatic nitrogens is 5. The molecule has 2 aliphatic carbocycles. The Morgan fingerprint density at radius 2 is 1.70 bits per heavy atom. The highest BCUT2D eigenvalue weighted by atomic mass is 16.1. The van der Waals surface area contributed by atoms with E-state index in [1.165, 1.54) is 37.1 Å². The standard InChI is InChI=1S/C23H20N6O/c30-23(16-5-7-18-20(11-16)25-10-9-24-18)27-17-6-8-22(26-13-17)29-21(15-3-4-15)12-19(28-29)14-1-2-14/h5-15H,1-4H2,(H,27,30). The maximum Gasteiger partial charge on any atom is 0.255 e. The largest absolute Gasteiger partial charge is 0.321 e. The Kier molecular flexibility index (Phi) is 3.87. The van der Waals surface area contributed by atoms with Crippen LogP contribution >= 0.6 is 0 Å². The zero-order valence-corrected chi connectivity index (χ0v) is 16.3. The first kappa shape index (κ1) is 17.3. The Morgan fingerprint density at radius 3 is 2.43 bits per heavy atom. The van der Waals surface area contributed by atoms with E-state index >= 15 is 0 Å². The van der Waals surface area contributed by atoms with Gasteiger partial charge in [0.2, 0.25) is 0 Å². The van der Waals surface area contributed by atoms with Crippen molar-refractivity contribution in [2.24, 2.45) is 0 Å². The highest BCUT2D eigenvalue weighted by molar-refractivity contribution is 6.05. The second-order valence-corrected chi connectivity index (χ2v) is 8.07. The first-order chi connectivity index (χ1) is 14.7. The normalized spacial score (nSPS) is 16.0. The van der Waals surface area contributed by atoms with Crippen LogP contribution in [-0.2, 0) is 0 Å². The number of carbonyl (C=O) groups is 1. The van der Waals surface area contributed by atoms with Gasteiger partial charge in [0, 0.05) is 35.5 Å². The third-order valence-corrected chi connectivity index (χ3v) is 5.70. The van der Waals surface area contributed by atoms with E-state index in [9.17, 15) is 4.79 Å². The fourth-order valence-corrected chi connectivity index (χ4v) is 3.74. The molecule has 2 saturated carbocycles. The number of amides is 1. The monoisotopic (exact) mass is 396 g/mol. The van der Waals surface area contributed by atoms with Crippen molar-refractivity contribution in [3.63, 3.8) is 0 Å². The molecule has 0 atom stereocenters. The van der Waals surface area contributed by atoms with E-state index in [2.05, 4.69) is 26.3 Å². The van der Waals surface area contributed by atoms with Crippen LogP contribution in [0.5, 0.6) is 0 Å². The highest BCUT2D eigenvalue weighted by Gasteiger charge is 2.33. The van der Waals surface area contributed by atoms with Crippen LogP contribution in [0.15, 0.2) is 55.0 Å². The van der Waals surface area contributed by atoms with E-state index in [1.54, 1.807) is 36.8 Å². The highest BCUT2D eigenvalue weighted by Crippen LogP contribution is 2.45. The van der Waals surface area contributed by atoms with Gasteiger partial charge in [-0.1, -0.05) is 0 Å². The van der Waals surface area contributed by atoms with Crippen LogP contribution in [-0.4, -0.2) is 30.6 Å². The molecule has 3 heterocycles. The van der Waals surface area contributed by atoms with Crippen molar-refractivity contribution in [2.75, 3.05) is 5.32 Å². The summed E-state index contributed by atoms with van der Waals surface area (Å²) in [7, 11) is 0.